The summed E-state index contributed by atoms with van der Waals surface area (Å²) in [4.78, 5) is 27.3. The van der Waals surface area contributed by atoms with Crippen LogP contribution in [0.25, 0.3) is 0 Å². The van der Waals surface area contributed by atoms with E-state index in [0.717, 1.165) is 4.90 Å². The Kier molecular flexibility index (Phi) is 3.34. The molecule has 3 saturated heterocycles. The number of carbonyl (C=O) groups excluding carboxylic acids is 2. The van der Waals surface area contributed by atoms with E-state index in [4.69, 9.17) is 37.4 Å². The van der Waals surface area contributed by atoms with Crippen molar-refractivity contribution in [3.8, 4) is 0 Å². The number of halogens is 2. The highest BCUT2D eigenvalue weighted by Crippen LogP contribution is 2.55. The fourth-order valence-corrected chi connectivity index (χ4v) is 4.72. The topological polar surface area (TPSA) is 65.1 Å². The number of benzene rings is 1. The number of ether oxygens (including phenoxy) is 3. The smallest absolute Gasteiger partial charge is 0.241 e. The molecule has 2 amide bonds. The van der Waals surface area contributed by atoms with Gasteiger partial charge in [0.15, 0.2) is 11.9 Å². The fourth-order valence-electron chi connectivity index (χ4n) is 4.23. The second kappa shape index (κ2) is 5.28. The zero-order valence-electron chi connectivity index (χ0n) is 12.9. The van der Waals surface area contributed by atoms with Crippen LogP contribution in [0.1, 0.15) is 0 Å². The number of imide groups is 1. The first-order chi connectivity index (χ1) is 12.0. The Labute approximate surface area is 153 Å². The van der Waals surface area contributed by atoms with Gasteiger partial charge in [-0.3, -0.25) is 9.59 Å². The van der Waals surface area contributed by atoms with E-state index in [2.05, 4.69) is 0 Å². The van der Waals surface area contributed by atoms with Crippen molar-refractivity contribution in [2.24, 2.45) is 11.8 Å². The first-order valence-electron chi connectivity index (χ1n) is 7.96. The molecule has 0 radical (unpaired) electrons. The summed E-state index contributed by atoms with van der Waals surface area (Å²) in [5, 5.41) is 0.681. The lowest BCUT2D eigenvalue weighted by molar-refractivity contribution is -0.180. The average Bonchev–Trinajstić information content (AvgIpc) is 3.33. The minimum atomic E-state index is -1.06. The number of rotatable bonds is 2. The Balaban J connectivity index is 1.58. The number of amides is 2. The second-order valence-electron chi connectivity index (χ2n) is 6.48. The third kappa shape index (κ3) is 1.97. The largest absolute Gasteiger partial charge is 0.357 e. The van der Waals surface area contributed by atoms with Gasteiger partial charge in [-0.15, -0.1) is 0 Å². The molecule has 4 heterocycles. The van der Waals surface area contributed by atoms with Gasteiger partial charge in [0.05, 0.1) is 41.9 Å². The molecule has 4 aliphatic heterocycles. The summed E-state index contributed by atoms with van der Waals surface area (Å²) in [6, 6.07) is 4.68. The highest BCUT2D eigenvalue weighted by Gasteiger charge is 2.71. The molecule has 2 bridgehead atoms. The third-order valence-corrected chi connectivity index (χ3v) is 5.76. The van der Waals surface area contributed by atoms with Crippen molar-refractivity contribution in [2.45, 2.75) is 18.0 Å². The number of nitrogens with zero attached hydrogens (tertiary/aromatic N) is 1. The summed E-state index contributed by atoms with van der Waals surface area (Å²) < 4.78 is 17.2. The van der Waals surface area contributed by atoms with Crippen LogP contribution in [0, 0.1) is 11.8 Å². The molecule has 1 aromatic carbocycles. The molecule has 130 valence electrons. The molecule has 25 heavy (non-hydrogen) atoms. The Hall–Kier alpha value is -1.44. The molecule has 0 N–H and O–H groups in total. The Bertz CT molecular complexity index is 821. The number of fused-ring (bicyclic) bond motifs is 5. The highest BCUT2D eigenvalue weighted by molar-refractivity contribution is 6.38. The van der Waals surface area contributed by atoms with E-state index >= 15 is 0 Å². The molecule has 0 aliphatic carbocycles. The summed E-state index contributed by atoms with van der Waals surface area (Å²) in [6.45, 7) is 0.862. The minimum Gasteiger partial charge on any atom is -0.357 e. The van der Waals surface area contributed by atoms with E-state index in [1.54, 1.807) is 18.2 Å². The van der Waals surface area contributed by atoms with Gasteiger partial charge in [-0.05, 0) is 24.3 Å². The van der Waals surface area contributed by atoms with Crippen LogP contribution in [-0.2, 0) is 23.8 Å². The van der Waals surface area contributed by atoms with Gasteiger partial charge in [-0.1, -0.05) is 29.3 Å². The number of anilines is 1. The van der Waals surface area contributed by atoms with Crippen LogP contribution in [0.4, 0.5) is 5.69 Å². The third-order valence-electron chi connectivity index (χ3n) is 5.22. The second-order valence-corrected chi connectivity index (χ2v) is 7.32. The van der Waals surface area contributed by atoms with Crippen molar-refractivity contribution in [2.75, 3.05) is 18.1 Å². The van der Waals surface area contributed by atoms with E-state index in [0.29, 0.717) is 23.9 Å². The quantitative estimate of drug-likeness (QED) is 0.580. The predicted octanol–water partition coefficient (Wildman–Crippen LogP) is 2.18. The molecule has 6 nitrogen and oxygen atoms in total. The van der Waals surface area contributed by atoms with Gasteiger partial charge in [-0.2, -0.15) is 0 Å². The normalized spacial score (nSPS) is 36.7. The molecule has 8 heteroatoms. The highest BCUT2D eigenvalue weighted by atomic mass is 35.5. The molecule has 0 unspecified atom stereocenters. The lowest BCUT2D eigenvalue weighted by Gasteiger charge is -2.32. The van der Waals surface area contributed by atoms with E-state index in [1.165, 1.54) is 6.07 Å². The van der Waals surface area contributed by atoms with Gasteiger partial charge in [0.1, 0.15) is 0 Å². The van der Waals surface area contributed by atoms with Gasteiger partial charge < -0.3 is 14.2 Å². The SMILES string of the molecule is O=C1[C@H]2[C@@H](C(=O)N1c1ccc(Cl)cc1Cl)[C@@]1(C3OCCO3)C=C[C@H]2O1. The molecule has 4 aliphatic rings. The summed E-state index contributed by atoms with van der Waals surface area (Å²) >= 11 is 12.1. The Morgan fingerprint density at radius 3 is 2.60 bits per heavy atom. The van der Waals surface area contributed by atoms with E-state index in [9.17, 15) is 9.59 Å². The maximum absolute atomic E-state index is 13.2. The molecule has 4 atom stereocenters. The van der Waals surface area contributed by atoms with E-state index in [-0.39, 0.29) is 16.8 Å². The fraction of sp³-hybridized carbons (Fsp3) is 0.412. The van der Waals surface area contributed by atoms with Crippen molar-refractivity contribution >= 4 is 40.7 Å². The van der Waals surface area contributed by atoms with Crippen LogP contribution in [0.2, 0.25) is 10.0 Å². The molecular weight excluding hydrogens is 369 g/mol. The molecule has 0 aromatic heterocycles. The zero-order valence-corrected chi connectivity index (χ0v) is 14.4. The van der Waals surface area contributed by atoms with Crippen LogP contribution >= 0.6 is 23.2 Å². The monoisotopic (exact) mass is 381 g/mol. The molecular formula is C17H13Cl2NO5. The predicted molar refractivity (Wildman–Crippen MR) is 88.4 cm³/mol. The van der Waals surface area contributed by atoms with Crippen molar-refractivity contribution in [1.82, 2.24) is 0 Å². The lowest BCUT2D eigenvalue weighted by atomic mass is 9.76. The van der Waals surface area contributed by atoms with Gasteiger partial charge in [0, 0.05) is 5.02 Å². The maximum Gasteiger partial charge on any atom is 0.241 e. The number of hydrogen-bond acceptors (Lipinski definition) is 5. The van der Waals surface area contributed by atoms with Crippen molar-refractivity contribution in [1.29, 1.82) is 0 Å². The number of hydrogen-bond donors (Lipinski definition) is 0. The molecule has 1 aromatic rings. The summed E-state index contributed by atoms with van der Waals surface area (Å²) in [5.74, 6) is -1.97. The van der Waals surface area contributed by atoms with Crippen LogP contribution in [-0.4, -0.2) is 43.0 Å². The Morgan fingerprint density at radius 2 is 1.88 bits per heavy atom. The lowest BCUT2D eigenvalue weighted by Crippen LogP contribution is -2.49. The van der Waals surface area contributed by atoms with Crippen LogP contribution < -0.4 is 4.90 Å². The minimum absolute atomic E-state index is 0.248. The van der Waals surface area contributed by atoms with Crippen LogP contribution in [0.5, 0.6) is 0 Å². The molecule has 3 fully saturated rings. The molecule has 0 saturated carbocycles. The summed E-state index contributed by atoms with van der Waals surface area (Å²) in [6.07, 6.45) is 2.45. The molecule has 5 rings (SSSR count). The average molecular weight is 382 g/mol. The molecule has 0 spiro atoms. The first-order valence-corrected chi connectivity index (χ1v) is 8.72. The standard InChI is InChI=1S/C17H13Cl2NO5/c18-8-1-2-10(9(19)7-8)20-14(21)12-11-3-4-17(25-11,13(12)15(20)22)16-23-5-6-24-16/h1-4,7,11-13,16H,5-6H2/t11-,12-,13+,17-/m1/s1. The van der Waals surface area contributed by atoms with Crippen LogP contribution in [0.15, 0.2) is 30.4 Å². The zero-order chi connectivity index (χ0) is 17.3. The summed E-state index contributed by atoms with van der Waals surface area (Å²) in [5.41, 5.74) is -0.732. The summed E-state index contributed by atoms with van der Waals surface area (Å²) in [7, 11) is 0. The van der Waals surface area contributed by atoms with Gasteiger partial charge >= 0.3 is 0 Å². The first kappa shape index (κ1) is 15.8. The Morgan fingerprint density at radius 1 is 1.12 bits per heavy atom. The van der Waals surface area contributed by atoms with Crippen LogP contribution in [0.3, 0.4) is 0 Å². The van der Waals surface area contributed by atoms with Crippen molar-refractivity contribution < 1.29 is 23.8 Å². The van der Waals surface area contributed by atoms with Crippen molar-refractivity contribution in [3.63, 3.8) is 0 Å². The van der Waals surface area contributed by atoms with E-state index in [1.807, 2.05) is 6.08 Å². The van der Waals surface area contributed by atoms with E-state index < -0.39 is 29.8 Å². The van der Waals surface area contributed by atoms with Gasteiger partial charge in [-0.25, -0.2) is 4.90 Å². The number of carbonyl (C=O) groups is 2. The maximum atomic E-state index is 13.2. The van der Waals surface area contributed by atoms with Gasteiger partial charge in [0.25, 0.3) is 0 Å². The van der Waals surface area contributed by atoms with Gasteiger partial charge in [0.2, 0.25) is 11.8 Å². The van der Waals surface area contributed by atoms with Crippen molar-refractivity contribution in [3.05, 3.63) is 40.4 Å².